The molecule has 1 N–H and O–H groups in total. The highest BCUT2D eigenvalue weighted by Crippen LogP contribution is 2.34. The van der Waals surface area contributed by atoms with Gasteiger partial charge in [-0.25, -0.2) is 0 Å². The maximum Gasteiger partial charge on any atom is 0.315 e. The molecule has 1 aromatic heterocycles. The van der Waals surface area contributed by atoms with Gasteiger partial charge in [0.1, 0.15) is 5.78 Å². The highest BCUT2D eigenvalue weighted by molar-refractivity contribution is 8.01. The first-order valence-corrected chi connectivity index (χ1v) is 13.7. The Morgan fingerprint density at radius 2 is 2.19 bits per heavy atom. The van der Waals surface area contributed by atoms with Gasteiger partial charge < -0.3 is 9.84 Å². The molecule has 1 aliphatic rings. The Hall–Kier alpha value is -1.28. The molecule has 1 aromatic carbocycles. The van der Waals surface area contributed by atoms with E-state index in [0.29, 0.717) is 24.4 Å². The summed E-state index contributed by atoms with van der Waals surface area (Å²) in [4.78, 5) is 24.7. The average molecular weight is 479 g/mol. The van der Waals surface area contributed by atoms with E-state index < -0.39 is 6.10 Å². The summed E-state index contributed by atoms with van der Waals surface area (Å²) in [5, 5.41) is 11.7. The number of allylic oxidation sites excluding steroid dienone is 1. The molecule has 1 fully saturated rings. The van der Waals surface area contributed by atoms with Crippen LogP contribution < -0.4 is 0 Å². The van der Waals surface area contributed by atoms with Crippen molar-refractivity contribution in [3.8, 4) is 0 Å². The SMILES string of the molecule is COC(=O)CSCCCS[C@H]1C(=O)CC[C@@H]1/C=C/[C@H](O)CCc1cc2ccccc2s1. The second-order valence-electron chi connectivity index (χ2n) is 7.68. The van der Waals surface area contributed by atoms with Crippen molar-refractivity contribution in [2.45, 2.75) is 43.5 Å². The maximum atomic E-state index is 12.3. The number of carbonyl (C=O) groups is 2. The van der Waals surface area contributed by atoms with Gasteiger partial charge >= 0.3 is 5.97 Å². The molecule has 0 saturated heterocycles. The standard InChI is InChI=1S/C24H30O4S3/c1-28-23(27)16-29-13-4-14-30-24-17(8-12-21(24)26)7-9-19(25)10-11-20-15-18-5-2-3-6-22(18)31-20/h2-3,5-7,9,15,17,19,24-25H,4,8,10-14,16H2,1H3/b9-7+/t17-,19-,24+/m0/s1. The molecule has 0 aliphatic heterocycles. The molecule has 0 bridgehead atoms. The second-order valence-corrected chi connectivity index (χ2v) is 11.2. The highest BCUT2D eigenvalue weighted by atomic mass is 32.2. The number of ketones is 1. The van der Waals surface area contributed by atoms with E-state index in [1.165, 1.54) is 22.1 Å². The Kier molecular flexibility index (Phi) is 9.96. The second kappa shape index (κ2) is 12.7. The van der Waals surface area contributed by atoms with Gasteiger partial charge in [-0.05, 0) is 60.6 Å². The summed E-state index contributed by atoms with van der Waals surface area (Å²) in [5.41, 5.74) is 0. The molecule has 0 radical (unpaired) electrons. The molecule has 0 spiro atoms. The molecular formula is C24H30O4S3. The number of fused-ring (bicyclic) bond motifs is 1. The minimum Gasteiger partial charge on any atom is -0.468 e. The summed E-state index contributed by atoms with van der Waals surface area (Å²) < 4.78 is 5.92. The van der Waals surface area contributed by atoms with Gasteiger partial charge in [0.25, 0.3) is 0 Å². The van der Waals surface area contributed by atoms with Crippen LogP contribution in [0.1, 0.15) is 30.6 Å². The zero-order valence-electron chi connectivity index (χ0n) is 17.8. The van der Waals surface area contributed by atoms with Crippen molar-refractivity contribution in [1.82, 2.24) is 0 Å². The number of carbonyl (C=O) groups excluding carboxylic acids is 2. The number of hydrogen-bond donors (Lipinski definition) is 1. The quantitative estimate of drug-likeness (QED) is 0.259. The fraction of sp³-hybridized carbons (Fsp3) is 0.500. The lowest BCUT2D eigenvalue weighted by Gasteiger charge is -2.15. The van der Waals surface area contributed by atoms with Crippen molar-refractivity contribution >= 4 is 56.7 Å². The van der Waals surface area contributed by atoms with Crippen LogP contribution >= 0.6 is 34.9 Å². The molecule has 31 heavy (non-hydrogen) atoms. The van der Waals surface area contributed by atoms with Crippen LogP contribution in [-0.2, 0) is 20.7 Å². The Morgan fingerprint density at radius 3 is 3.00 bits per heavy atom. The van der Waals surface area contributed by atoms with Crippen LogP contribution in [0.15, 0.2) is 42.5 Å². The van der Waals surface area contributed by atoms with E-state index in [1.54, 1.807) is 34.9 Å². The monoisotopic (exact) mass is 478 g/mol. The van der Waals surface area contributed by atoms with Gasteiger partial charge in [0.05, 0.1) is 24.2 Å². The molecule has 3 atom stereocenters. The van der Waals surface area contributed by atoms with E-state index in [1.807, 2.05) is 6.08 Å². The van der Waals surface area contributed by atoms with Crippen LogP contribution in [0.4, 0.5) is 0 Å². The van der Waals surface area contributed by atoms with Crippen molar-refractivity contribution < 1.29 is 19.4 Å². The smallest absolute Gasteiger partial charge is 0.315 e. The lowest BCUT2D eigenvalue weighted by Crippen LogP contribution is -2.17. The lowest BCUT2D eigenvalue weighted by molar-refractivity contribution is -0.137. The number of aliphatic hydroxyl groups excluding tert-OH is 1. The number of Topliss-reactive ketones (excluding diaryl/α,β-unsaturated/α-hetero) is 1. The van der Waals surface area contributed by atoms with E-state index >= 15 is 0 Å². The summed E-state index contributed by atoms with van der Waals surface area (Å²) in [6.07, 6.45) is 7.47. The zero-order chi connectivity index (χ0) is 22.1. The number of ether oxygens (including phenoxy) is 1. The molecule has 1 aliphatic carbocycles. The number of thioether (sulfide) groups is 2. The summed E-state index contributed by atoms with van der Waals surface area (Å²) in [7, 11) is 1.40. The van der Waals surface area contributed by atoms with Crippen LogP contribution in [-0.4, -0.2) is 52.6 Å². The lowest BCUT2D eigenvalue weighted by atomic mass is 10.0. The molecule has 1 saturated carbocycles. The van der Waals surface area contributed by atoms with E-state index in [9.17, 15) is 14.7 Å². The van der Waals surface area contributed by atoms with Crippen molar-refractivity contribution in [2.75, 3.05) is 24.4 Å². The molecular weight excluding hydrogens is 448 g/mol. The third kappa shape index (κ3) is 7.67. The third-order valence-corrected chi connectivity index (χ3v) is 9.04. The number of thiophene rings is 1. The molecule has 0 unspecified atom stereocenters. The molecule has 1 heterocycles. The first-order valence-electron chi connectivity index (χ1n) is 10.7. The van der Waals surface area contributed by atoms with E-state index in [2.05, 4.69) is 41.1 Å². The number of hydrogen-bond acceptors (Lipinski definition) is 7. The first-order chi connectivity index (χ1) is 15.1. The molecule has 3 rings (SSSR count). The van der Waals surface area contributed by atoms with Gasteiger partial charge in [-0.2, -0.15) is 11.8 Å². The summed E-state index contributed by atoms with van der Waals surface area (Å²) in [6, 6.07) is 10.6. The van der Waals surface area contributed by atoms with Crippen molar-refractivity contribution in [3.63, 3.8) is 0 Å². The van der Waals surface area contributed by atoms with Crippen LogP contribution in [0.25, 0.3) is 10.1 Å². The Labute approximate surface area is 196 Å². The molecule has 4 nitrogen and oxygen atoms in total. The predicted molar refractivity (Wildman–Crippen MR) is 133 cm³/mol. The topological polar surface area (TPSA) is 63.6 Å². The molecule has 2 aromatic rings. The first kappa shape index (κ1) is 24.4. The van der Waals surface area contributed by atoms with Gasteiger partial charge in [0, 0.05) is 16.0 Å². The minimum atomic E-state index is -0.485. The van der Waals surface area contributed by atoms with Crippen LogP contribution in [0.3, 0.4) is 0 Å². The van der Waals surface area contributed by atoms with Crippen molar-refractivity contribution in [1.29, 1.82) is 0 Å². The van der Waals surface area contributed by atoms with Crippen molar-refractivity contribution in [3.05, 3.63) is 47.4 Å². The predicted octanol–water partition coefficient (Wildman–Crippen LogP) is 5.13. The maximum absolute atomic E-state index is 12.3. The van der Waals surface area contributed by atoms with Crippen LogP contribution in [0, 0.1) is 5.92 Å². The fourth-order valence-corrected chi connectivity index (χ4v) is 7.04. The van der Waals surface area contributed by atoms with Gasteiger partial charge in [-0.3, -0.25) is 9.59 Å². The normalized spacial score (nSPS) is 20.0. The number of rotatable bonds is 12. The summed E-state index contributed by atoms with van der Waals surface area (Å²) >= 11 is 5.08. The van der Waals surface area contributed by atoms with Gasteiger partial charge in [0.15, 0.2) is 0 Å². The van der Waals surface area contributed by atoms with Gasteiger partial charge in [-0.15, -0.1) is 23.1 Å². The van der Waals surface area contributed by atoms with Crippen LogP contribution in [0.5, 0.6) is 0 Å². The Bertz CT molecular complexity index is 859. The molecule has 7 heteroatoms. The van der Waals surface area contributed by atoms with Crippen molar-refractivity contribution in [2.24, 2.45) is 5.92 Å². The van der Waals surface area contributed by atoms with E-state index in [0.717, 1.165) is 30.8 Å². The number of aryl methyl sites for hydroxylation is 1. The Balaban J connectivity index is 1.39. The number of methoxy groups -OCH3 is 1. The van der Waals surface area contributed by atoms with E-state index in [-0.39, 0.29) is 17.1 Å². The highest BCUT2D eigenvalue weighted by Gasteiger charge is 2.33. The molecule has 168 valence electrons. The third-order valence-electron chi connectivity index (χ3n) is 5.35. The zero-order valence-corrected chi connectivity index (χ0v) is 20.3. The van der Waals surface area contributed by atoms with Gasteiger partial charge in [-0.1, -0.05) is 30.4 Å². The fourth-order valence-electron chi connectivity index (χ4n) is 3.66. The minimum absolute atomic E-state index is 0.00310. The van der Waals surface area contributed by atoms with Crippen LogP contribution in [0.2, 0.25) is 0 Å². The van der Waals surface area contributed by atoms with Gasteiger partial charge in [0.2, 0.25) is 0 Å². The number of esters is 1. The largest absolute Gasteiger partial charge is 0.468 e. The summed E-state index contributed by atoms with van der Waals surface area (Å²) in [5.74, 6) is 2.51. The molecule has 0 amide bonds. The average Bonchev–Trinajstić information content (AvgIpc) is 3.35. The Morgan fingerprint density at radius 1 is 1.35 bits per heavy atom. The number of benzene rings is 1. The summed E-state index contributed by atoms with van der Waals surface area (Å²) in [6.45, 7) is 0. The number of aliphatic hydroxyl groups is 1. The van der Waals surface area contributed by atoms with E-state index in [4.69, 9.17) is 0 Å².